The molecule has 2 heterocycles. The summed E-state index contributed by atoms with van der Waals surface area (Å²) in [6.45, 7) is 7.10. The molecule has 6 heteroatoms. The van der Waals surface area contributed by atoms with E-state index in [-0.39, 0.29) is 28.4 Å². The number of hydrogen-bond donors (Lipinski definition) is 0. The fourth-order valence-electron chi connectivity index (χ4n) is 7.85. The Kier molecular flexibility index (Phi) is 9.31. The quantitative estimate of drug-likeness (QED) is 0.166. The second-order valence-electron chi connectivity index (χ2n) is 11.8. The third kappa shape index (κ3) is 4.88. The molecule has 0 saturated heterocycles. The first kappa shape index (κ1) is 32.3. The fourth-order valence-corrected chi connectivity index (χ4v) is 34.9. The summed E-state index contributed by atoms with van der Waals surface area (Å²) in [6.07, 6.45) is 12.0. The van der Waals surface area contributed by atoms with Crippen LogP contribution in [0, 0.1) is 0 Å². The normalized spacial score (nSPS) is 15.7. The summed E-state index contributed by atoms with van der Waals surface area (Å²) < 4.78 is 4.98. The van der Waals surface area contributed by atoms with E-state index >= 15 is 0 Å². The van der Waals surface area contributed by atoms with Gasteiger partial charge in [-0.1, -0.05) is 0 Å². The van der Waals surface area contributed by atoms with Crippen molar-refractivity contribution in [2.75, 3.05) is 0 Å². The Labute approximate surface area is 275 Å². The molecule has 2 aliphatic rings. The second kappa shape index (κ2) is 12.7. The molecule has 2 aromatic heterocycles. The molecule has 1 unspecified atom stereocenters. The Morgan fingerprint density at radius 1 is 0.705 bits per heavy atom. The maximum Gasteiger partial charge on any atom is -0.147 e. The molecule has 0 aliphatic heterocycles. The number of halogens is 2. The summed E-state index contributed by atoms with van der Waals surface area (Å²) in [6, 6.07) is 40.2. The average Bonchev–Trinajstić information content (AvgIpc) is 3.65. The largest absolute Gasteiger partial charge is 0.147 e. The zero-order chi connectivity index (χ0) is 28.8. The van der Waals surface area contributed by atoms with Crippen molar-refractivity contribution in [3.05, 3.63) is 159 Å². The molecular weight excluding hydrogens is 675 g/mol. The molecule has 0 saturated carbocycles. The monoisotopic (exact) mass is 708 g/mol. The van der Waals surface area contributed by atoms with Crippen LogP contribution in [0.3, 0.4) is 0 Å². The Balaban J connectivity index is 0.00000192. The molecular formula is C38H36Cl2N2SiZr. The van der Waals surface area contributed by atoms with Gasteiger partial charge in [-0.3, -0.25) is 0 Å². The van der Waals surface area contributed by atoms with Crippen LogP contribution in [0.25, 0.3) is 28.6 Å². The average molecular weight is 711 g/mol. The number of rotatable bonds is 6. The molecule has 2 nitrogen and oxygen atoms in total. The van der Waals surface area contributed by atoms with Gasteiger partial charge in [-0.2, -0.15) is 0 Å². The van der Waals surface area contributed by atoms with Gasteiger partial charge in [0.05, 0.1) is 0 Å². The molecule has 44 heavy (non-hydrogen) atoms. The summed E-state index contributed by atoms with van der Waals surface area (Å²) in [5.41, 5.74) is 9.92. The van der Waals surface area contributed by atoms with Crippen molar-refractivity contribution in [3.63, 3.8) is 0 Å². The van der Waals surface area contributed by atoms with Crippen molar-refractivity contribution in [1.29, 1.82) is 0 Å². The Morgan fingerprint density at radius 2 is 1.27 bits per heavy atom. The van der Waals surface area contributed by atoms with E-state index in [0.717, 1.165) is 23.4 Å². The SMILES string of the molecule is CC1=Cc2c(-c3ccccn3)cc(-c3ccccn3)cc2[CH]1[Zr](=[SiH2])([C]1=C(C)C=CC1)([c]1ccccc1)[c]1ccccc1.Cl.Cl. The number of nitrogens with zero attached hydrogens (tertiary/aromatic N) is 2. The minimum atomic E-state index is -4.45. The van der Waals surface area contributed by atoms with Crippen molar-refractivity contribution in [2.24, 2.45) is 0 Å². The first-order valence-electron chi connectivity index (χ1n) is 14.7. The van der Waals surface area contributed by atoms with E-state index < -0.39 is 17.4 Å². The van der Waals surface area contributed by atoms with E-state index in [4.69, 9.17) is 9.97 Å². The predicted octanol–water partition coefficient (Wildman–Crippen LogP) is 8.23. The molecule has 0 N–H and O–H groups in total. The van der Waals surface area contributed by atoms with Gasteiger partial charge < -0.3 is 0 Å². The maximum absolute atomic E-state index is 4.85. The van der Waals surface area contributed by atoms with Crippen LogP contribution in [0.1, 0.15) is 35.0 Å². The fraction of sp³-hybridized carbons (Fsp3) is 0.105. The van der Waals surface area contributed by atoms with Gasteiger partial charge in [0.15, 0.2) is 0 Å². The second-order valence-corrected chi connectivity index (χ2v) is 33.8. The van der Waals surface area contributed by atoms with Crippen LogP contribution >= 0.6 is 24.8 Å². The smallest absolute Gasteiger partial charge is 0.147 e. The molecule has 0 radical (unpaired) electrons. The molecule has 0 fully saturated rings. The topological polar surface area (TPSA) is 25.8 Å². The van der Waals surface area contributed by atoms with E-state index in [9.17, 15) is 0 Å². The van der Waals surface area contributed by atoms with E-state index in [2.05, 4.69) is 136 Å². The molecule has 220 valence electrons. The van der Waals surface area contributed by atoms with E-state index in [0.29, 0.717) is 0 Å². The van der Waals surface area contributed by atoms with Gasteiger partial charge in [0, 0.05) is 0 Å². The van der Waals surface area contributed by atoms with Crippen molar-refractivity contribution < 1.29 is 17.4 Å². The van der Waals surface area contributed by atoms with Crippen LogP contribution in [-0.4, -0.2) is 16.8 Å². The molecule has 7 rings (SSSR count). The molecule has 0 bridgehead atoms. The van der Waals surface area contributed by atoms with Crippen LogP contribution in [0.15, 0.2) is 148 Å². The van der Waals surface area contributed by atoms with Crippen molar-refractivity contribution in [3.8, 4) is 22.5 Å². The van der Waals surface area contributed by atoms with Crippen LogP contribution in [0.2, 0.25) is 0 Å². The van der Waals surface area contributed by atoms with Gasteiger partial charge in [0.1, 0.15) is 0 Å². The third-order valence-corrected chi connectivity index (χ3v) is 37.4. The van der Waals surface area contributed by atoms with Crippen molar-refractivity contribution in [1.82, 2.24) is 9.97 Å². The van der Waals surface area contributed by atoms with Crippen LogP contribution < -0.4 is 6.54 Å². The minimum absolute atomic E-state index is 0. The Morgan fingerprint density at radius 3 is 1.80 bits per heavy atom. The number of aromatic nitrogens is 2. The van der Waals surface area contributed by atoms with Crippen LogP contribution in [-0.2, 0) is 17.4 Å². The van der Waals surface area contributed by atoms with Gasteiger partial charge >= 0.3 is 253 Å². The maximum atomic E-state index is 4.85. The molecule has 0 amide bonds. The van der Waals surface area contributed by atoms with E-state index in [1.807, 2.05) is 24.5 Å². The van der Waals surface area contributed by atoms with Gasteiger partial charge in [0.25, 0.3) is 0 Å². The van der Waals surface area contributed by atoms with Gasteiger partial charge in [-0.25, -0.2) is 0 Å². The van der Waals surface area contributed by atoms with Crippen LogP contribution in [0.4, 0.5) is 0 Å². The molecule has 5 aromatic rings. The number of hydrogen-bond acceptors (Lipinski definition) is 2. The zero-order valence-corrected chi connectivity index (χ0v) is 30.5. The van der Waals surface area contributed by atoms with Gasteiger partial charge in [-0.15, -0.1) is 24.8 Å². The summed E-state index contributed by atoms with van der Waals surface area (Å²) >= 11 is -4.45. The van der Waals surface area contributed by atoms with E-state index in [1.165, 1.54) is 34.4 Å². The number of benzene rings is 3. The first-order chi connectivity index (χ1) is 20.5. The summed E-state index contributed by atoms with van der Waals surface area (Å²) in [4.78, 5) is 9.65. The number of fused-ring (bicyclic) bond motifs is 1. The number of allylic oxidation sites excluding steroid dienone is 5. The molecule has 3 aromatic carbocycles. The van der Waals surface area contributed by atoms with Crippen molar-refractivity contribution in [2.45, 2.75) is 23.9 Å². The zero-order valence-electron chi connectivity index (χ0n) is 25.0. The van der Waals surface area contributed by atoms with Crippen LogP contribution in [0.5, 0.6) is 0 Å². The molecule has 0 spiro atoms. The van der Waals surface area contributed by atoms with Crippen molar-refractivity contribution >= 4 is 44.3 Å². The molecule has 1 atom stereocenters. The predicted molar refractivity (Wildman–Crippen MR) is 191 cm³/mol. The summed E-state index contributed by atoms with van der Waals surface area (Å²) in [5.74, 6) is 0. The Hall–Kier alpha value is -3.14. The van der Waals surface area contributed by atoms with Gasteiger partial charge in [-0.05, 0) is 0 Å². The third-order valence-electron chi connectivity index (χ3n) is 9.61. The standard InChI is InChI=1S/C20H15N2.C6H7.2C6H5.2ClH.H2Si.Zr/c1-14-10-15-12-16(19-6-2-4-8-21-19)13-18(17(15)11-14)20-7-3-5-9-22-20;1-6-4-2-3-5-6;2*1-2-4-6-5-3-1;;;;/h2-13H,1H3;2,4H,3H2,1H3;2*1-5H;2*1H;1H2;. The minimum Gasteiger partial charge on any atom is -0.147 e. The molecule has 2 aliphatic carbocycles. The van der Waals surface area contributed by atoms with Gasteiger partial charge in [0.2, 0.25) is 0 Å². The summed E-state index contributed by atoms with van der Waals surface area (Å²) in [7, 11) is 0. The van der Waals surface area contributed by atoms with E-state index in [1.54, 1.807) is 3.28 Å². The first-order valence-corrected chi connectivity index (χ1v) is 25.7. The number of pyridine rings is 2. The summed E-state index contributed by atoms with van der Waals surface area (Å²) in [5, 5.41) is 0. The Bertz CT molecular complexity index is 1930.